The lowest BCUT2D eigenvalue weighted by Gasteiger charge is -2.40. The van der Waals surface area contributed by atoms with Gasteiger partial charge in [-0.1, -0.05) is 13.8 Å². The molecule has 1 aliphatic rings. The molecule has 72 valence electrons. The minimum atomic E-state index is -1.74. The first kappa shape index (κ1) is 10.2. The molecule has 3 heteroatoms. The summed E-state index contributed by atoms with van der Waals surface area (Å²) < 4.78 is 11.6. The van der Waals surface area contributed by atoms with Crippen molar-refractivity contribution in [2.45, 2.75) is 40.0 Å². The van der Waals surface area contributed by atoms with Crippen LogP contribution in [-0.2, 0) is 8.85 Å². The van der Waals surface area contributed by atoms with Gasteiger partial charge in [0.1, 0.15) is 0 Å². The van der Waals surface area contributed by atoms with Crippen LogP contribution in [0.3, 0.4) is 0 Å². The molecule has 0 radical (unpaired) electrons. The number of hydrogen-bond donors (Lipinski definition) is 0. The summed E-state index contributed by atoms with van der Waals surface area (Å²) in [5.41, 5.74) is 0. The van der Waals surface area contributed by atoms with E-state index in [-0.39, 0.29) is 0 Å². The van der Waals surface area contributed by atoms with Gasteiger partial charge in [-0.3, -0.25) is 0 Å². The Bertz CT molecular complexity index is 157. The van der Waals surface area contributed by atoms with Crippen LogP contribution in [0.2, 0.25) is 13.1 Å². The molecule has 12 heavy (non-hydrogen) atoms. The van der Waals surface area contributed by atoms with Crippen molar-refractivity contribution in [3.05, 3.63) is 0 Å². The first-order valence-corrected chi connectivity index (χ1v) is 7.56. The molecule has 1 saturated heterocycles. The van der Waals surface area contributed by atoms with Gasteiger partial charge in [0.15, 0.2) is 0 Å². The standard InChI is InChI=1S/C9H20O2Si/c1-7(2)9-6-10-12(4,5)11-8(9)3/h7-9H,6H2,1-5H3. The van der Waals surface area contributed by atoms with Gasteiger partial charge >= 0.3 is 8.56 Å². The predicted octanol–water partition coefficient (Wildman–Crippen LogP) is 2.40. The highest BCUT2D eigenvalue weighted by molar-refractivity contribution is 6.64. The fourth-order valence-corrected chi connectivity index (χ4v) is 3.47. The second-order valence-electron chi connectivity index (χ2n) is 4.44. The third kappa shape index (κ3) is 2.31. The largest absolute Gasteiger partial charge is 0.394 e. The smallest absolute Gasteiger partial charge is 0.331 e. The highest BCUT2D eigenvalue weighted by Gasteiger charge is 2.37. The molecule has 0 saturated carbocycles. The average molecular weight is 188 g/mol. The summed E-state index contributed by atoms with van der Waals surface area (Å²) in [7, 11) is -1.74. The van der Waals surface area contributed by atoms with Crippen LogP contribution in [0.15, 0.2) is 0 Å². The van der Waals surface area contributed by atoms with Crippen molar-refractivity contribution in [2.24, 2.45) is 11.8 Å². The lowest BCUT2D eigenvalue weighted by molar-refractivity contribution is -0.00804. The SMILES string of the molecule is CC(C)C1CO[Si](C)(C)OC1C. The van der Waals surface area contributed by atoms with Crippen LogP contribution in [0.4, 0.5) is 0 Å². The van der Waals surface area contributed by atoms with Crippen LogP contribution in [-0.4, -0.2) is 21.3 Å². The van der Waals surface area contributed by atoms with Crippen LogP contribution < -0.4 is 0 Å². The maximum atomic E-state index is 5.86. The molecule has 1 fully saturated rings. The van der Waals surface area contributed by atoms with Gasteiger partial charge in [-0.05, 0) is 25.9 Å². The van der Waals surface area contributed by atoms with E-state index in [4.69, 9.17) is 8.85 Å². The van der Waals surface area contributed by atoms with Crippen molar-refractivity contribution in [1.29, 1.82) is 0 Å². The molecule has 1 heterocycles. The van der Waals surface area contributed by atoms with Crippen molar-refractivity contribution in [3.8, 4) is 0 Å². The van der Waals surface area contributed by atoms with E-state index in [1.54, 1.807) is 0 Å². The maximum absolute atomic E-state index is 5.86. The lowest BCUT2D eigenvalue weighted by Crippen LogP contribution is -2.49. The third-order valence-electron chi connectivity index (χ3n) is 2.55. The van der Waals surface area contributed by atoms with E-state index in [1.807, 2.05) is 0 Å². The molecule has 0 aliphatic carbocycles. The fourth-order valence-electron chi connectivity index (χ4n) is 1.74. The third-order valence-corrected chi connectivity index (χ3v) is 4.35. The zero-order valence-corrected chi connectivity index (χ0v) is 9.76. The Labute approximate surface area is 76.5 Å². The summed E-state index contributed by atoms with van der Waals surface area (Å²) in [6.45, 7) is 11.7. The van der Waals surface area contributed by atoms with Crippen molar-refractivity contribution in [2.75, 3.05) is 6.61 Å². The molecular weight excluding hydrogens is 168 g/mol. The van der Waals surface area contributed by atoms with Crippen molar-refractivity contribution >= 4 is 8.56 Å². The first-order chi connectivity index (χ1) is 5.42. The molecule has 0 spiro atoms. The summed E-state index contributed by atoms with van der Waals surface area (Å²) in [6.07, 6.45) is 0.375. The van der Waals surface area contributed by atoms with Gasteiger partial charge in [-0.2, -0.15) is 0 Å². The van der Waals surface area contributed by atoms with Crippen molar-refractivity contribution in [3.63, 3.8) is 0 Å². The first-order valence-electron chi connectivity index (χ1n) is 4.74. The Kier molecular flexibility index (Phi) is 2.96. The average Bonchev–Trinajstić information content (AvgIpc) is 1.83. The molecule has 0 aromatic carbocycles. The number of rotatable bonds is 1. The Hall–Kier alpha value is 0.137. The van der Waals surface area contributed by atoms with E-state index in [1.165, 1.54) is 0 Å². The molecule has 2 unspecified atom stereocenters. The van der Waals surface area contributed by atoms with Gasteiger partial charge in [0.25, 0.3) is 0 Å². The van der Waals surface area contributed by atoms with Crippen LogP contribution in [0.5, 0.6) is 0 Å². The summed E-state index contributed by atoms with van der Waals surface area (Å²) in [6, 6.07) is 0. The summed E-state index contributed by atoms with van der Waals surface area (Å²) >= 11 is 0. The predicted molar refractivity (Wildman–Crippen MR) is 52.3 cm³/mol. The van der Waals surface area contributed by atoms with E-state index in [9.17, 15) is 0 Å². The fraction of sp³-hybridized carbons (Fsp3) is 1.00. The topological polar surface area (TPSA) is 18.5 Å². The normalized spacial score (nSPS) is 35.5. The summed E-state index contributed by atoms with van der Waals surface area (Å²) in [5.74, 6) is 1.23. The van der Waals surface area contributed by atoms with Gasteiger partial charge in [0.05, 0.1) is 0 Å². The zero-order chi connectivity index (χ0) is 9.35. The maximum Gasteiger partial charge on any atom is 0.331 e. The van der Waals surface area contributed by atoms with E-state index >= 15 is 0 Å². The molecule has 0 amide bonds. The molecule has 0 aromatic heterocycles. The molecule has 0 bridgehead atoms. The van der Waals surface area contributed by atoms with Crippen LogP contribution in [0, 0.1) is 11.8 Å². The minimum absolute atomic E-state index is 0.375. The lowest BCUT2D eigenvalue weighted by atomic mass is 9.92. The van der Waals surface area contributed by atoms with Crippen molar-refractivity contribution < 1.29 is 8.85 Å². The van der Waals surface area contributed by atoms with Gasteiger partial charge in [-0.25, -0.2) is 0 Å². The second kappa shape index (κ2) is 3.48. The minimum Gasteiger partial charge on any atom is -0.394 e. The quantitative estimate of drug-likeness (QED) is 0.588. The van der Waals surface area contributed by atoms with Crippen molar-refractivity contribution in [1.82, 2.24) is 0 Å². The van der Waals surface area contributed by atoms with Crippen LogP contribution in [0.25, 0.3) is 0 Å². The molecule has 1 rings (SSSR count). The zero-order valence-electron chi connectivity index (χ0n) is 8.76. The van der Waals surface area contributed by atoms with E-state index in [0.29, 0.717) is 17.9 Å². The molecule has 0 N–H and O–H groups in total. The van der Waals surface area contributed by atoms with Gasteiger partial charge in [0.2, 0.25) is 0 Å². The Morgan fingerprint density at radius 1 is 1.33 bits per heavy atom. The molecule has 2 nitrogen and oxygen atoms in total. The summed E-state index contributed by atoms with van der Waals surface area (Å²) in [4.78, 5) is 0. The van der Waals surface area contributed by atoms with Gasteiger partial charge in [-0.15, -0.1) is 0 Å². The second-order valence-corrected chi connectivity index (χ2v) is 7.77. The number of hydrogen-bond acceptors (Lipinski definition) is 2. The highest BCUT2D eigenvalue weighted by Crippen LogP contribution is 2.27. The monoisotopic (exact) mass is 188 g/mol. The Morgan fingerprint density at radius 3 is 2.33 bits per heavy atom. The van der Waals surface area contributed by atoms with Crippen LogP contribution in [0.1, 0.15) is 20.8 Å². The van der Waals surface area contributed by atoms with Gasteiger partial charge < -0.3 is 8.85 Å². The van der Waals surface area contributed by atoms with E-state index in [2.05, 4.69) is 33.9 Å². The van der Waals surface area contributed by atoms with E-state index in [0.717, 1.165) is 6.61 Å². The Morgan fingerprint density at radius 2 is 1.92 bits per heavy atom. The van der Waals surface area contributed by atoms with E-state index < -0.39 is 8.56 Å². The Balaban J connectivity index is 2.54. The van der Waals surface area contributed by atoms with Gasteiger partial charge in [0, 0.05) is 18.6 Å². The highest BCUT2D eigenvalue weighted by atomic mass is 28.4. The van der Waals surface area contributed by atoms with Crippen LogP contribution >= 0.6 is 0 Å². The molecule has 2 atom stereocenters. The molecule has 1 aliphatic heterocycles. The molecular formula is C9H20O2Si. The molecule has 0 aromatic rings. The summed E-state index contributed by atoms with van der Waals surface area (Å²) in [5, 5.41) is 0.